The third kappa shape index (κ3) is 4.88. The van der Waals surface area contributed by atoms with Crippen LogP contribution in [0.1, 0.15) is 0 Å². The van der Waals surface area contributed by atoms with E-state index >= 15 is 0 Å². The van der Waals surface area contributed by atoms with E-state index in [1.54, 1.807) is 11.3 Å². The topological polar surface area (TPSA) is 74.6 Å². The molecule has 0 aliphatic carbocycles. The largest absolute Gasteiger partial charge is 0.456 e. The van der Waals surface area contributed by atoms with Crippen LogP contribution in [0.3, 0.4) is 0 Å². The Morgan fingerprint density at radius 1 is 0.417 bits per heavy atom. The van der Waals surface area contributed by atoms with Crippen molar-refractivity contribution in [3.63, 3.8) is 0 Å². The molecular formula is C52H30N6OS. The second-order valence-corrected chi connectivity index (χ2v) is 16.1. The van der Waals surface area contributed by atoms with Crippen LogP contribution in [-0.4, -0.2) is 29.1 Å². The maximum Gasteiger partial charge on any atom is 0.238 e. The van der Waals surface area contributed by atoms with Crippen LogP contribution in [0.4, 0.5) is 0 Å². The number of fused-ring (bicyclic) bond motifs is 11. The molecule has 0 fully saturated rings. The Hall–Kier alpha value is -7.94. The summed E-state index contributed by atoms with van der Waals surface area (Å²) in [6.07, 6.45) is 0. The molecule has 5 aromatic heterocycles. The van der Waals surface area contributed by atoms with Crippen LogP contribution in [0.2, 0.25) is 0 Å². The molecule has 5 heterocycles. The van der Waals surface area contributed by atoms with Crippen LogP contribution in [0, 0.1) is 0 Å². The van der Waals surface area contributed by atoms with Gasteiger partial charge in [0.2, 0.25) is 5.95 Å². The molecule has 60 heavy (non-hydrogen) atoms. The monoisotopic (exact) mass is 786 g/mol. The zero-order valence-electron chi connectivity index (χ0n) is 31.8. The summed E-state index contributed by atoms with van der Waals surface area (Å²) < 4.78 is 12.2. The van der Waals surface area contributed by atoms with Gasteiger partial charge in [-0.1, -0.05) is 127 Å². The number of hydrogen-bond acceptors (Lipinski definition) is 6. The summed E-state index contributed by atoms with van der Waals surface area (Å²) in [7, 11) is 0. The highest BCUT2D eigenvalue weighted by atomic mass is 32.1. The molecule has 7 nitrogen and oxygen atoms in total. The highest BCUT2D eigenvalue weighted by molar-refractivity contribution is 7.21. The predicted octanol–water partition coefficient (Wildman–Crippen LogP) is 13.6. The van der Waals surface area contributed by atoms with Gasteiger partial charge in [-0.05, 0) is 54.6 Å². The van der Waals surface area contributed by atoms with Crippen molar-refractivity contribution in [2.24, 2.45) is 0 Å². The highest BCUT2D eigenvalue weighted by Gasteiger charge is 2.25. The number of thiazole rings is 1. The van der Waals surface area contributed by atoms with E-state index in [9.17, 15) is 0 Å². The van der Waals surface area contributed by atoms with E-state index in [0.29, 0.717) is 17.6 Å². The Morgan fingerprint density at radius 2 is 1.02 bits per heavy atom. The van der Waals surface area contributed by atoms with Crippen molar-refractivity contribution >= 4 is 87.1 Å². The summed E-state index contributed by atoms with van der Waals surface area (Å²) in [6, 6.07) is 63.2. The molecule has 0 N–H and O–H groups in total. The molecule has 0 aliphatic heterocycles. The summed E-state index contributed by atoms with van der Waals surface area (Å²) in [5.41, 5.74) is 10.7. The van der Waals surface area contributed by atoms with Gasteiger partial charge in [0.15, 0.2) is 11.6 Å². The fourth-order valence-corrected chi connectivity index (χ4v) is 9.97. The number of aromatic nitrogens is 6. The van der Waals surface area contributed by atoms with Crippen LogP contribution in [-0.2, 0) is 0 Å². The third-order valence-corrected chi connectivity index (χ3v) is 12.7. The van der Waals surface area contributed by atoms with Crippen molar-refractivity contribution in [3.8, 4) is 45.0 Å². The molecule has 0 saturated carbocycles. The normalized spacial score (nSPS) is 12.0. The van der Waals surface area contributed by atoms with E-state index in [0.717, 1.165) is 103 Å². The van der Waals surface area contributed by atoms with Crippen molar-refractivity contribution in [1.29, 1.82) is 0 Å². The summed E-state index contributed by atoms with van der Waals surface area (Å²) in [5.74, 6) is 1.67. The molecule has 0 radical (unpaired) electrons. The lowest BCUT2D eigenvalue weighted by Crippen LogP contribution is -2.07. The van der Waals surface area contributed by atoms with Crippen LogP contribution in [0.25, 0.3) is 121 Å². The lowest BCUT2D eigenvalue weighted by atomic mass is 10.1. The number of furan rings is 1. The van der Waals surface area contributed by atoms with Gasteiger partial charge >= 0.3 is 0 Å². The summed E-state index contributed by atoms with van der Waals surface area (Å²) in [4.78, 5) is 21.0. The lowest BCUT2D eigenvalue weighted by Gasteiger charge is -2.15. The minimum atomic E-state index is 0.526. The van der Waals surface area contributed by atoms with E-state index in [1.165, 1.54) is 0 Å². The smallest absolute Gasteiger partial charge is 0.238 e. The minimum Gasteiger partial charge on any atom is -0.456 e. The summed E-state index contributed by atoms with van der Waals surface area (Å²) in [5, 5.41) is 7.61. The first-order valence-electron chi connectivity index (χ1n) is 19.9. The fourth-order valence-electron chi connectivity index (χ4n) is 8.97. The van der Waals surface area contributed by atoms with Crippen molar-refractivity contribution in [1.82, 2.24) is 29.1 Å². The van der Waals surface area contributed by atoms with E-state index in [2.05, 4.69) is 130 Å². The van der Waals surface area contributed by atoms with Crippen LogP contribution in [0.15, 0.2) is 186 Å². The molecule has 0 saturated heterocycles. The number of benzene rings is 8. The molecule has 0 aliphatic rings. The molecule has 0 spiro atoms. The molecule has 0 unspecified atom stereocenters. The zero-order chi connectivity index (χ0) is 39.3. The molecule has 13 aromatic rings. The Labute approximate surface area is 346 Å². The van der Waals surface area contributed by atoms with Gasteiger partial charge in [0.1, 0.15) is 16.2 Å². The number of hydrogen-bond donors (Lipinski definition) is 0. The van der Waals surface area contributed by atoms with E-state index in [1.807, 2.05) is 60.7 Å². The maximum atomic E-state index is 6.36. The molecule has 8 aromatic carbocycles. The van der Waals surface area contributed by atoms with Gasteiger partial charge in [-0.25, -0.2) is 9.97 Å². The van der Waals surface area contributed by atoms with Crippen molar-refractivity contribution in [2.45, 2.75) is 0 Å². The molecule has 0 atom stereocenters. The van der Waals surface area contributed by atoms with Gasteiger partial charge in [-0.15, -0.1) is 11.3 Å². The first-order chi connectivity index (χ1) is 29.7. The number of rotatable bonds is 5. The summed E-state index contributed by atoms with van der Waals surface area (Å²) in [6.45, 7) is 0. The van der Waals surface area contributed by atoms with Crippen molar-refractivity contribution in [3.05, 3.63) is 182 Å². The number of para-hydroxylation sites is 5. The molecule has 0 bridgehead atoms. The van der Waals surface area contributed by atoms with Gasteiger partial charge in [0.25, 0.3) is 0 Å². The van der Waals surface area contributed by atoms with Crippen LogP contribution < -0.4 is 0 Å². The van der Waals surface area contributed by atoms with Gasteiger partial charge < -0.3 is 8.98 Å². The van der Waals surface area contributed by atoms with E-state index < -0.39 is 0 Å². The maximum absolute atomic E-state index is 6.36. The molecule has 280 valence electrons. The average molecular weight is 787 g/mol. The number of nitrogens with zero attached hydrogens (tertiary/aromatic N) is 6. The first-order valence-corrected chi connectivity index (χ1v) is 20.7. The molecular weight excluding hydrogens is 757 g/mol. The standard InChI is InChI=1S/C52H30N6OS/c1-2-14-31(15-3-1)49-54-50(32-26-27-36-35-18-7-12-24-44(35)59-45(36)30-32)56-52(55-49)58-42-22-10-5-17-34(42)38-29-28-37-33-16-4-9-21-41(33)57(47(37)48(38)58)43-23-11-6-19-39(43)51-53-40-20-8-13-25-46(40)60-51/h1-30H. The minimum absolute atomic E-state index is 0.526. The predicted molar refractivity (Wildman–Crippen MR) is 245 cm³/mol. The Morgan fingerprint density at radius 3 is 1.82 bits per heavy atom. The van der Waals surface area contributed by atoms with Crippen molar-refractivity contribution < 1.29 is 4.42 Å². The average Bonchev–Trinajstić information content (AvgIpc) is 4.08. The Balaban J connectivity index is 1.14. The van der Waals surface area contributed by atoms with Gasteiger partial charge in [-0.3, -0.25) is 4.57 Å². The molecule has 13 rings (SSSR count). The first kappa shape index (κ1) is 33.1. The zero-order valence-corrected chi connectivity index (χ0v) is 32.6. The lowest BCUT2D eigenvalue weighted by molar-refractivity contribution is 0.669. The third-order valence-electron chi connectivity index (χ3n) is 11.6. The second kappa shape index (κ2) is 12.8. The Kier molecular flexibility index (Phi) is 7.05. The Bertz CT molecular complexity index is 3820. The fraction of sp³-hybridized carbons (Fsp3) is 0. The van der Waals surface area contributed by atoms with Crippen LogP contribution in [0.5, 0.6) is 0 Å². The summed E-state index contributed by atoms with van der Waals surface area (Å²) >= 11 is 1.72. The second-order valence-electron chi connectivity index (χ2n) is 15.0. The highest BCUT2D eigenvalue weighted by Crippen LogP contribution is 2.44. The van der Waals surface area contributed by atoms with Crippen molar-refractivity contribution in [2.75, 3.05) is 0 Å². The van der Waals surface area contributed by atoms with E-state index in [4.69, 9.17) is 24.4 Å². The van der Waals surface area contributed by atoms with Gasteiger partial charge in [-0.2, -0.15) is 9.97 Å². The quantitative estimate of drug-likeness (QED) is 0.174. The van der Waals surface area contributed by atoms with Gasteiger partial charge in [0, 0.05) is 49.0 Å². The molecule has 0 amide bonds. The van der Waals surface area contributed by atoms with Gasteiger partial charge in [0.05, 0.1) is 38.0 Å². The van der Waals surface area contributed by atoms with Crippen LogP contribution >= 0.6 is 11.3 Å². The van der Waals surface area contributed by atoms with E-state index in [-0.39, 0.29) is 0 Å². The SMILES string of the molecule is c1ccc(-c2nc(-c3ccc4c(c3)oc3ccccc34)nc(-n3c4ccccc4c4ccc5c6ccccc6n(-c6ccccc6-c6nc7ccccc7s6)c5c43)n2)cc1. The molecule has 8 heteroatoms.